The first-order chi connectivity index (χ1) is 11.9. The Labute approximate surface area is 155 Å². The van der Waals surface area contributed by atoms with Crippen molar-refractivity contribution in [3.05, 3.63) is 30.1 Å². The SMILES string of the molecule is CS(=O)(=O)NCCCCn1c(CO)nc2c([AsH2])nc3ccccc3c21. The Bertz CT molecular complexity index is 1020. The van der Waals surface area contributed by atoms with Crippen LogP contribution in [0.3, 0.4) is 0 Å². The summed E-state index contributed by atoms with van der Waals surface area (Å²) in [5.41, 5.74) is 2.74. The number of benzene rings is 1. The molecule has 0 radical (unpaired) electrons. The number of aliphatic hydroxyl groups excluding tert-OH is 1. The maximum atomic E-state index is 11.1. The van der Waals surface area contributed by atoms with Gasteiger partial charge in [-0.2, -0.15) is 0 Å². The molecule has 0 amide bonds. The molecule has 1 unspecified atom stereocenters. The second-order valence-electron chi connectivity index (χ2n) is 5.92. The van der Waals surface area contributed by atoms with Crippen LogP contribution in [0.2, 0.25) is 0 Å². The Morgan fingerprint density at radius 3 is 2.72 bits per heavy atom. The second-order valence-corrected chi connectivity index (χ2v) is 8.90. The molecule has 7 nitrogen and oxygen atoms in total. The fourth-order valence-electron chi connectivity index (χ4n) is 2.92. The minimum atomic E-state index is -3.16. The summed E-state index contributed by atoms with van der Waals surface area (Å²) in [6.45, 7) is 0.930. The van der Waals surface area contributed by atoms with Crippen LogP contribution in [0, 0.1) is 0 Å². The zero-order valence-electron chi connectivity index (χ0n) is 13.9. The van der Waals surface area contributed by atoms with E-state index in [9.17, 15) is 13.5 Å². The van der Waals surface area contributed by atoms with Gasteiger partial charge in [0, 0.05) is 0 Å². The van der Waals surface area contributed by atoms with Crippen molar-refractivity contribution in [1.29, 1.82) is 0 Å². The van der Waals surface area contributed by atoms with E-state index in [1.54, 1.807) is 0 Å². The summed E-state index contributed by atoms with van der Waals surface area (Å²) in [6, 6.07) is 7.92. The number of nitrogens with zero attached hydrogens (tertiary/aromatic N) is 3. The number of nitrogens with one attached hydrogen (secondary N) is 1. The maximum absolute atomic E-state index is 11.1. The Hall–Kier alpha value is -1.47. The summed E-state index contributed by atoms with van der Waals surface area (Å²) >= 11 is 1.41. The van der Waals surface area contributed by atoms with Gasteiger partial charge in [-0.1, -0.05) is 0 Å². The standard InChI is InChI=1S/C16H21AsN4O3S/c1-25(23,24)18-8-4-5-9-21-13(10-22)20-14-15(21)11-6-2-3-7-12(11)19-16(14)17/h2-3,6-7,18,22H,4-5,8-10,17H2,1H3. The number of fused-ring (bicyclic) bond motifs is 3. The number of aliphatic hydroxyl groups is 1. The molecule has 0 aliphatic heterocycles. The summed E-state index contributed by atoms with van der Waals surface area (Å²) in [5.74, 6) is 0.614. The second kappa shape index (κ2) is 7.41. The topological polar surface area (TPSA) is 97.1 Å². The van der Waals surface area contributed by atoms with Crippen LogP contribution in [-0.4, -0.2) is 57.7 Å². The van der Waals surface area contributed by atoms with Crippen LogP contribution < -0.4 is 9.20 Å². The molecule has 1 aromatic carbocycles. The Balaban J connectivity index is 1.93. The Morgan fingerprint density at radius 1 is 1.24 bits per heavy atom. The van der Waals surface area contributed by atoms with Crippen LogP contribution in [-0.2, 0) is 23.2 Å². The molecule has 0 fully saturated rings. The van der Waals surface area contributed by atoms with Gasteiger partial charge in [-0.25, -0.2) is 0 Å². The summed E-state index contributed by atoms with van der Waals surface area (Å²) in [7, 11) is -3.16. The van der Waals surface area contributed by atoms with E-state index in [1.165, 1.54) is 16.9 Å². The number of aromatic nitrogens is 3. The van der Waals surface area contributed by atoms with E-state index in [0.29, 0.717) is 25.3 Å². The average molecular weight is 424 g/mol. The molecule has 0 saturated heterocycles. The number of sulfonamides is 1. The molecule has 0 bridgehead atoms. The number of para-hydroxylation sites is 1. The molecule has 3 aromatic rings. The van der Waals surface area contributed by atoms with E-state index in [2.05, 4.69) is 14.7 Å². The summed E-state index contributed by atoms with van der Waals surface area (Å²) < 4.78 is 27.7. The van der Waals surface area contributed by atoms with Crippen LogP contribution in [0.25, 0.3) is 21.9 Å². The first kappa shape index (κ1) is 18.3. The number of unbranched alkanes of at least 4 members (excludes halogenated alkanes) is 1. The van der Waals surface area contributed by atoms with Crippen molar-refractivity contribution in [2.75, 3.05) is 12.8 Å². The Kier molecular flexibility index (Phi) is 5.43. The molecular weight excluding hydrogens is 403 g/mol. The molecule has 1 atom stereocenters. The van der Waals surface area contributed by atoms with Gasteiger partial charge in [0.15, 0.2) is 0 Å². The molecule has 2 N–H and O–H groups in total. The van der Waals surface area contributed by atoms with Gasteiger partial charge in [0.05, 0.1) is 0 Å². The van der Waals surface area contributed by atoms with Crippen molar-refractivity contribution >= 4 is 53.3 Å². The third-order valence-electron chi connectivity index (χ3n) is 4.00. The molecule has 2 heterocycles. The van der Waals surface area contributed by atoms with Gasteiger partial charge in [-0.15, -0.1) is 0 Å². The van der Waals surface area contributed by atoms with Crippen molar-refractivity contribution < 1.29 is 13.5 Å². The van der Waals surface area contributed by atoms with E-state index in [-0.39, 0.29) is 6.61 Å². The molecule has 0 spiro atoms. The number of hydrogen-bond acceptors (Lipinski definition) is 5. The molecule has 9 heteroatoms. The van der Waals surface area contributed by atoms with Gasteiger partial charge in [0.25, 0.3) is 0 Å². The molecule has 25 heavy (non-hydrogen) atoms. The van der Waals surface area contributed by atoms with Crippen molar-refractivity contribution in [3.8, 4) is 0 Å². The quantitative estimate of drug-likeness (QED) is 0.400. The molecule has 2 aromatic heterocycles. The van der Waals surface area contributed by atoms with Crippen molar-refractivity contribution in [2.24, 2.45) is 0 Å². The Morgan fingerprint density at radius 2 is 2.00 bits per heavy atom. The van der Waals surface area contributed by atoms with Crippen LogP contribution in [0.5, 0.6) is 0 Å². The fourth-order valence-corrected chi connectivity index (χ4v) is 4.15. The van der Waals surface area contributed by atoms with Crippen LogP contribution >= 0.6 is 0 Å². The summed E-state index contributed by atoms with van der Waals surface area (Å²) in [6.07, 6.45) is 2.65. The van der Waals surface area contributed by atoms with Crippen LogP contribution in [0.15, 0.2) is 24.3 Å². The number of rotatable bonds is 7. The fraction of sp³-hybridized carbons (Fsp3) is 0.375. The van der Waals surface area contributed by atoms with Crippen molar-refractivity contribution in [1.82, 2.24) is 19.3 Å². The molecule has 0 aliphatic carbocycles. The number of pyridine rings is 1. The molecule has 3 rings (SSSR count). The van der Waals surface area contributed by atoms with Crippen molar-refractivity contribution in [3.63, 3.8) is 0 Å². The summed E-state index contributed by atoms with van der Waals surface area (Å²) in [4.78, 5) is 9.20. The van der Waals surface area contributed by atoms with Crippen LogP contribution in [0.4, 0.5) is 0 Å². The summed E-state index contributed by atoms with van der Waals surface area (Å²) in [5, 5.41) is 10.7. The predicted octanol–water partition coefficient (Wildman–Crippen LogP) is -0.335. The van der Waals surface area contributed by atoms with E-state index in [0.717, 1.165) is 39.1 Å². The monoisotopic (exact) mass is 424 g/mol. The van der Waals surface area contributed by atoms with Gasteiger partial charge < -0.3 is 0 Å². The van der Waals surface area contributed by atoms with Gasteiger partial charge in [0.1, 0.15) is 0 Å². The van der Waals surface area contributed by atoms with Crippen LogP contribution in [0.1, 0.15) is 18.7 Å². The van der Waals surface area contributed by atoms with Crippen molar-refractivity contribution in [2.45, 2.75) is 26.0 Å². The average Bonchev–Trinajstić information content (AvgIpc) is 2.93. The first-order valence-electron chi connectivity index (χ1n) is 7.99. The van der Waals surface area contributed by atoms with E-state index >= 15 is 0 Å². The molecular formula is C16H21AsN4O3S. The zero-order valence-corrected chi connectivity index (χ0v) is 17.2. The first-order valence-corrected chi connectivity index (χ1v) is 11.1. The number of aryl methyl sites for hydroxylation is 1. The van der Waals surface area contributed by atoms with Gasteiger partial charge in [-0.05, 0) is 0 Å². The van der Waals surface area contributed by atoms with E-state index < -0.39 is 10.0 Å². The normalized spacial score (nSPS) is 12.3. The predicted molar refractivity (Wildman–Crippen MR) is 101 cm³/mol. The molecule has 0 saturated carbocycles. The number of hydrogen-bond donors (Lipinski definition) is 2. The molecule has 0 aliphatic rings. The minimum absolute atomic E-state index is 0.142. The number of imidazole rings is 1. The van der Waals surface area contributed by atoms with Gasteiger partial charge in [-0.3, -0.25) is 0 Å². The third kappa shape index (κ3) is 4.03. The van der Waals surface area contributed by atoms with E-state index in [4.69, 9.17) is 0 Å². The van der Waals surface area contributed by atoms with Gasteiger partial charge in [0.2, 0.25) is 0 Å². The van der Waals surface area contributed by atoms with Gasteiger partial charge >= 0.3 is 155 Å². The zero-order chi connectivity index (χ0) is 18.0. The van der Waals surface area contributed by atoms with E-state index in [1.807, 2.05) is 28.8 Å². The molecule has 134 valence electrons. The third-order valence-corrected chi connectivity index (χ3v) is 5.58.